The summed E-state index contributed by atoms with van der Waals surface area (Å²) in [7, 11) is 0. The summed E-state index contributed by atoms with van der Waals surface area (Å²) in [6.45, 7) is 4.35. The van der Waals surface area contributed by atoms with Crippen LogP contribution in [0.1, 0.15) is 6.42 Å². The molecule has 0 saturated heterocycles. The molecular weight excluding hydrogens is 274 g/mol. The number of nitrogens with zero attached hydrogens (tertiary/aromatic N) is 4. The minimum absolute atomic E-state index is 0.316. The Morgan fingerprint density at radius 3 is 2.80 bits per heavy atom. The Hall–Kier alpha value is -2.15. The van der Waals surface area contributed by atoms with Crippen LogP contribution in [0.4, 0.5) is 0 Å². The lowest BCUT2D eigenvalue weighted by Gasteiger charge is -2.07. The molecule has 0 fully saturated rings. The Labute approximate surface area is 121 Å². The number of nitrogens with two attached hydrogens (primary N) is 1. The first-order valence-electron chi connectivity index (χ1n) is 6.08. The summed E-state index contributed by atoms with van der Waals surface area (Å²) >= 11 is 1.46. The van der Waals surface area contributed by atoms with Crippen molar-refractivity contribution in [3.63, 3.8) is 0 Å². The zero-order valence-electron chi connectivity index (χ0n) is 10.9. The van der Waals surface area contributed by atoms with Gasteiger partial charge in [0.1, 0.15) is 0 Å². The highest BCUT2D eigenvalue weighted by atomic mass is 32.2. The molecule has 104 valence electrons. The molecule has 0 radical (unpaired) electrons. The van der Waals surface area contributed by atoms with E-state index in [2.05, 4.69) is 21.8 Å². The highest BCUT2D eigenvalue weighted by Crippen LogP contribution is 2.23. The van der Waals surface area contributed by atoms with Gasteiger partial charge in [-0.05, 0) is 12.1 Å². The molecule has 0 aliphatic carbocycles. The van der Waals surface area contributed by atoms with Gasteiger partial charge in [-0.2, -0.15) is 0 Å². The highest BCUT2D eigenvalue weighted by Gasteiger charge is 2.13. The van der Waals surface area contributed by atoms with Crippen molar-refractivity contribution >= 4 is 17.7 Å². The van der Waals surface area contributed by atoms with Gasteiger partial charge in [-0.1, -0.05) is 17.8 Å². The van der Waals surface area contributed by atoms with E-state index in [-0.39, 0.29) is 5.91 Å². The van der Waals surface area contributed by atoms with E-state index in [1.165, 1.54) is 11.8 Å². The van der Waals surface area contributed by atoms with Crippen LogP contribution >= 0.6 is 11.8 Å². The Balaban J connectivity index is 2.23. The van der Waals surface area contributed by atoms with E-state index < -0.39 is 0 Å². The Morgan fingerprint density at radius 1 is 1.40 bits per heavy atom. The second-order valence-corrected chi connectivity index (χ2v) is 5.07. The van der Waals surface area contributed by atoms with Gasteiger partial charge in [0.2, 0.25) is 5.91 Å². The first-order valence-corrected chi connectivity index (χ1v) is 7.06. The maximum Gasteiger partial charge on any atom is 0.218 e. The number of amides is 1. The fourth-order valence-corrected chi connectivity index (χ4v) is 2.55. The number of pyridine rings is 1. The van der Waals surface area contributed by atoms with Gasteiger partial charge in [-0.25, -0.2) is 0 Å². The average Bonchev–Trinajstić information content (AvgIpc) is 2.83. The van der Waals surface area contributed by atoms with Crippen molar-refractivity contribution in [2.75, 3.05) is 5.75 Å². The van der Waals surface area contributed by atoms with Crippen molar-refractivity contribution in [1.29, 1.82) is 0 Å². The summed E-state index contributed by atoms with van der Waals surface area (Å²) in [5.41, 5.74) is 6.07. The lowest BCUT2D eigenvalue weighted by Crippen LogP contribution is -2.11. The molecule has 0 unspecified atom stereocenters. The molecule has 0 atom stereocenters. The lowest BCUT2D eigenvalue weighted by atomic mass is 10.2. The zero-order chi connectivity index (χ0) is 14.4. The van der Waals surface area contributed by atoms with Crippen LogP contribution in [0.15, 0.2) is 42.3 Å². The second kappa shape index (κ2) is 6.85. The topological polar surface area (TPSA) is 86.7 Å². The molecule has 0 aliphatic rings. The van der Waals surface area contributed by atoms with Gasteiger partial charge in [0.25, 0.3) is 0 Å². The third-order valence-corrected chi connectivity index (χ3v) is 3.52. The number of carbonyl (C=O) groups is 1. The van der Waals surface area contributed by atoms with Gasteiger partial charge >= 0.3 is 0 Å². The monoisotopic (exact) mass is 289 g/mol. The van der Waals surface area contributed by atoms with E-state index in [0.717, 1.165) is 16.5 Å². The Bertz CT molecular complexity index is 596. The molecule has 20 heavy (non-hydrogen) atoms. The number of hydrogen-bond donors (Lipinski definition) is 1. The summed E-state index contributed by atoms with van der Waals surface area (Å²) in [4.78, 5) is 14.8. The molecule has 0 aliphatic heterocycles. The zero-order valence-corrected chi connectivity index (χ0v) is 11.7. The van der Waals surface area contributed by atoms with Gasteiger partial charge < -0.3 is 5.73 Å². The first-order chi connectivity index (χ1) is 9.72. The third kappa shape index (κ3) is 3.45. The van der Waals surface area contributed by atoms with Crippen molar-refractivity contribution in [2.45, 2.75) is 18.1 Å². The van der Waals surface area contributed by atoms with Crippen molar-refractivity contribution < 1.29 is 4.79 Å². The smallest absolute Gasteiger partial charge is 0.218 e. The van der Waals surface area contributed by atoms with Gasteiger partial charge in [-0.15, -0.1) is 16.8 Å². The normalized spacial score (nSPS) is 10.4. The van der Waals surface area contributed by atoms with Gasteiger partial charge in [0.05, 0.1) is 0 Å². The van der Waals surface area contributed by atoms with E-state index in [0.29, 0.717) is 18.7 Å². The van der Waals surface area contributed by atoms with Crippen LogP contribution in [-0.4, -0.2) is 31.4 Å². The summed E-state index contributed by atoms with van der Waals surface area (Å²) < 4.78 is 1.95. The van der Waals surface area contributed by atoms with E-state index in [1.54, 1.807) is 18.5 Å². The van der Waals surface area contributed by atoms with Crippen LogP contribution in [0.5, 0.6) is 0 Å². The minimum atomic E-state index is -0.318. The Kier molecular flexibility index (Phi) is 4.89. The van der Waals surface area contributed by atoms with Crippen LogP contribution in [0.3, 0.4) is 0 Å². The predicted octanol–water partition coefficient (Wildman–Crippen LogP) is 1.49. The van der Waals surface area contributed by atoms with E-state index in [1.807, 2.05) is 16.7 Å². The van der Waals surface area contributed by atoms with Crippen LogP contribution in [-0.2, 0) is 11.3 Å². The SMILES string of the molecule is C=CCn1c(SCCC(N)=O)nnc1-c1ccncc1. The molecule has 2 N–H and O–H groups in total. The fraction of sp³-hybridized carbons (Fsp3) is 0.231. The molecule has 0 aromatic carbocycles. The Morgan fingerprint density at radius 2 is 2.15 bits per heavy atom. The van der Waals surface area contributed by atoms with Crippen molar-refractivity contribution in [2.24, 2.45) is 5.73 Å². The molecular formula is C13H15N5OS. The van der Waals surface area contributed by atoms with Crippen molar-refractivity contribution in [1.82, 2.24) is 19.7 Å². The minimum Gasteiger partial charge on any atom is -0.370 e. The van der Waals surface area contributed by atoms with Crippen LogP contribution < -0.4 is 5.73 Å². The number of carbonyl (C=O) groups excluding carboxylic acids is 1. The number of thioether (sulfide) groups is 1. The van der Waals surface area contributed by atoms with Gasteiger partial charge in [0.15, 0.2) is 11.0 Å². The molecule has 7 heteroatoms. The van der Waals surface area contributed by atoms with E-state index in [9.17, 15) is 4.79 Å². The number of aromatic nitrogens is 4. The molecule has 2 heterocycles. The molecule has 6 nitrogen and oxygen atoms in total. The van der Waals surface area contributed by atoms with Crippen molar-refractivity contribution in [3.8, 4) is 11.4 Å². The van der Waals surface area contributed by atoms with Crippen LogP contribution in [0.25, 0.3) is 11.4 Å². The molecule has 0 bridgehead atoms. The maximum absolute atomic E-state index is 10.8. The second-order valence-electron chi connectivity index (χ2n) is 4.01. The number of allylic oxidation sites excluding steroid dienone is 1. The largest absolute Gasteiger partial charge is 0.370 e. The standard InChI is InChI=1S/C13H15N5OS/c1-2-8-18-12(10-3-6-15-7-4-10)16-17-13(18)20-9-5-11(14)19/h2-4,6-7H,1,5,8-9H2,(H2,14,19). The molecule has 0 spiro atoms. The quantitative estimate of drug-likeness (QED) is 0.616. The average molecular weight is 289 g/mol. The van der Waals surface area contributed by atoms with Gasteiger partial charge in [-0.3, -0.25) is 14.3 Å². The summed E-state index contributed by atoms with van der Waals surface area (Å²) in [6, 6.07) is 3.75. The predicted molar refractivity (Wildman–Crippen MR) is 78.0 cm³/mol. The molecule has 2 aromatic rings. The van der Waals surface area contributed by atoms with Crippen LogP contribution in [0.2, 0.25) is 0 Å². The number of rotatable bonds is 7. The summed E-state index contributed by atoms with van der Waals surface area (Å²) in [5.74, 6) is 1.02. The van der Waals surface area contributed by atoms with Crippen LogP contribution in [0, 0.1) is 0 Å². The molecule has 1 amide bonds. The lowest BCUT2D eigenvalue weighted by molar-refractivity contribution is -0.117. The number of primary amides is 1. The maximum atomic E-state index is 10.8. The van der Waals surface area contributed by atoms with E-state index in [4.69, 9.17) is 5.73 Å². The summed E-state index contributed by atoms with van der Waals surface area (Å²) in [5, 5.41) is 9.11. The molecule has 2 rings (SSSR count). The number of hydrogen-bond acceptors (Lipinski definition) is 5. The first kappa shape index (κ1) is 14.3. The van der Waals surface area contributed by atoms with Crippen molar-refractivity contribution in [3.05, 3.63) is 37.2 Å². The third-order valence-electron chi connectivity index (χ3n) is 2.55. The molecule has 2 aromatic heterocycles. The fourth-order valence-electron chi connectivity index (χ4n) is 1.65. The highest BCUT2D eigenvalue weighted by molar-refractivity contribution is 7.99. The molecule has 0 saturated carbocycles. The van der Waals surface area contributed by atoms with E-state index >= 15 is 0 Å². The van der Waals surface area contributed by atoms with Gasteiger partial charge in [0, 0.05) is 36.7 Å². The summed E-state index contributed by atoms with van der Waals surface area (Å²) in [6.07, 6.45) is 5.52.